The van der Waals surface area contributed by atoms with E-state index in [4.69, 9.17) is 14.2 Å². The van der Waals surface area contributed by atoms with Crippen LogP contribution in [0, 0.1) is 13.8 Å². The quantitative estimate of drug-likeness (QED) is 0.522. The Balaban J connectivity index is 2.58. The Morgan fingerprint density at radius 3 is 2.54 bits per heavy atom. The number of rotatable bonds is 9. The minimum Gasteiger partial charge on any atom is -0.462 e. The molecule has 0 bridgehead atoms. The molecule has 0 aliphatic carbocycles. The molecular formula is C16H24N2O6. The predicted molar refractivity (Wildman–Crippen MR) is 85.7 cm³/mol. The molecule has 1 heterocycles. The van der Waals surface area contributed by atoms with Crippen LogP contribution >= 0.6 is 0 Å². The van der Waals surface area contributed by atoms with Crippen LogP contribution in [0.4, 0.5) is 0 Å². The third kappa shape index (κ3) is 5.69. The van der Waals surface area contributed by atoms with Gasteiger partial charge in [0.2, 0.25) is 0 Å². The van der Waals surface area contributed by atoms with Gasteiger partial charge in [0.25, 0.3) is 5.91 Å². The highest BCUT2D eigenvalue weighted by Gasteiger charge is 2.18. The van der Waals surface area contributed by atoms with E-state index >= 15 is 0 Å². The minimum atomic E-state index is -0.561. The van der Waals surface area contributed by atoms with E-state index < -0.39 is 17.8 Å². The number of aryl methyl sites for hydroxylation is 1. The summed E-state index contributed by atoms with van der Waals surface area (Å²) in [5, 5.41) is 2.55. The number of aromatic nitrogens is 1. The van der Waals surface area contributed by atoms with Crippen molar-refractivity contribution in [3.63, 3.8) is 0 Å². The molecule has 1 rings (SSSR count). The molecular weight excluding hydrogens is 316 g/mol. The molecule has 0 aliphatic rings. The summed E-state index contributed by atoms with van der Waals surface area (Å²) < 4.78 is 16.4. The monoisotopic (exact) mass is 340 g/mol. The molecule has 0 saturated carbocycles. The second-order valence-electron chi connectivity index (χ2n) is 5.09. The number of hydrogen-bond acceptors (Lipinski definition) is 6. The Morgan fingerprint density at radius 1 is 1.21 bits per heavy atom. The van der Waals surface area contributed by atoms with Crippen molar-refractivity contribution in [3.8, 4) is 0 Å². The Hall–Kier alpha value is -2.35. The Morgan fingerprint density at radius 2 is 1.92 bits per heavy atom. The van der Waals surface area contributed by atoms with Crippen LogP contribution in [0.3, 0.4) is 0 Å². The maximum absolute atomic E-state index is 11.9. The lowest BCUT2D eigenvalue weighted by Gasteiger charge is -2.10. The molecule has 0 spiro atoms. The standard InChI is InChI=1S/C16H24N2O6/c1-5-23-16(21)13-8-11(2)18(12(13)3)9-15(20)24-10-14(19)17-6-7-22-4/h8H,5-7,9-10H2,1-4H3,(H,17,19). The first-order valence-corrected chi connectivity index (χ1v) is 7.65. The van der Waals surface area contributed by atoms with Gasteiger partial charge in [0.1, 0.15) is 6.54 Å². The SMILES string of the molecule is CCOC(=O)c1cc(C)n(CC(=O)OCC(=O)NCCOC)c1C. The van der Waals surface area contributed by atoms with Gasteiger partial charge < -0.3 is 24.1 Å². The Bertz CT molecular complexity index is 594. The van der Waals surface area contributed by atoms with Gasteiger partial charge in [-0.2, -0.15) is 0 Å². The summed E-state index contributed by atoms with van der Waals surface area (Å²) in [6.07, 6.45) is 0. The van der Waals surface area contributed by atoms with E-state index in [1.807, 2.05) is 0 Å². The first-order chi connectivity index (χ1) is 11.4. The minimum absolute atomic E-state index is 0.0809. The van der Waals surface area contributed by atoms with Gasteiger partial charge in [0.15, 0.2) is 6.61 Å². The van der Waals surface area contributed by atoms with E-state index in [1.165, 1.54) is 7.11 Å². The number of hydrogen-bond donors (Lipinski definition) is 1. The summed E-state index contributed by atoms with van der Waals surface area (Å²) in [4.78, 5) is 35.2. The summed E-state index contributed by atoms with van der Waals surface area (Å²) in [6, 6.07) is 1.66. The smallest absolute Gasteiger partial charge is 0.339 e. The summed E-state index contributed by atoms with van der Waals surface area (Å²) in [7, 11) is 1.53. The lowest BCUT2D eigenvalue weighted by molar-refractivity contribution is -0.149. The average molecular weight is 340 g/mol. The third-order valence-electron chi connectivity index (χ3n) is 3.35. The molecule has 1 aromatic rings. The molecule has 8 heteroatoms. The number of carbonyl (C=O) groups excluding carboxylic acids is 3. The van der Waals surface area contributed by atoms with Crippen molar-refractivity contribution < 1.29 is 28.6 Å². The molecule has 1 N–H and O–H groups in total. The molecule has 0 unspecified atom stereocenters. The van der Waals surface area contributed by atoms with Gasteiger partial charge in [-0.15, -0.1) is 0 Å². The number of ether oxygens (including phenoxy) is 3. The molecule has 0 fully saturated rings. The fourth-order valence-electron chi connectivity index (χ4n) is 2.12. The molecule has 1 aromatic heterocycles. The number of nitrogens with zero attached hydrogens (tertiary/aromatic N) is 1. The van der Waals surface area contributed by atoms with Gasteiger partial charge in [-0.1, -0.05) is 0 Å². The van der Waals surface area contributed by atoms with E-state index in [1.54, 1.807) is 31.4 Å². The Labute approximate surface area is 141 Å². The molecule has 0 radical (unpaired) electrons. The first kappa shape index (κ1) is 19.7. The van der Waals surface area contributed by atoms with Gasteiger partial charge in [0, 0.05) is 25.0 Å². The van der Waals surface area contributed by atoms with Crippen LogP contribution in [-0.4, -0.2) is 55.9 Å². The van der Waals surface area contributed by atoms with Gasteiger partial charge in [-0.3, -0.25) is 9.59 Å². The fourth-order valence-corrected chi connectivity index (χ4v) is 2.12. The molecule has 134 valence electrons. The van der Waals surface area contributed by atoms with Crippen molar-refractivity contribution in [1.82, 2.24) is 9.88 Å². The Kier molecular flexibility index (Phi) is 7.97. The van der Waals surface area contributed by atoms with Gasteiger partial charge >= 0.3 is 11.9 Å². The van der Waals surface area contributed by atoms with Crippen molar-refractivity contribution in [2.24, 2.45) is 0 Å². The second kappa shape index (κ2) is 9.71. The molecule has 0 saturated heterocycles. The molecule has 0 aromatic carbocycles. The topological polar surface area (TPSA) is 95.9 Å². The van der Waals surface area contributed by atoms with Crippen LogP contribution < -0.4 is 5.32 Å². The lowest BCUT2D eigenvalue weighted by Crippen LogP contribution is -2.32. The highest BCUT2D eigenvalue weighted by Crippen LogP contribution is 2.16. The first-order valence-electron chi connectivity index (χ1n) is 7.65. The average Bonchev–Trinajstić information content (AvgIpc) is 2.81. The lowest BCUT2D eigenvalue weighted by atomic mass is 10.2. The number of esters is 2. The van der Waals surface area contributed by atoms with Crippen molar-refractivity contribution in [3.05, 3.63) is 23.0 Å². The maximum atomic E-state index is 11.9. The van der Waals surface area contributed by atoms with Gasteiger partial charge in [-0.05, 0) is 26.8 Å². The van der Waals surface area contributed by atoms with E-state index in [0.717, 1.165) is 5.69 Å². The van der Waals surface area contributed by atoms with E-state index in [-0.39, 0.29) is 19.8 Å². The van der Waals surface area contributed by atoms with Crippen LogP contribution in [0.15, 0.2) is 6.07 Å². The maximum Gasteiger partial charge on any atom is 0.339 e. The highest BCUT2D eigenvalue weighted by molar-refractivity contribution is 5.91. The van der Waals surface area contributed by atoms with Gasteiger partial charge in [0.05, 0.1) is 18.8 Å². The van der Waals surface area contributed by atoms with Crippen molar-refractivity contribution in [2.75, 3.05) is 33.5 Å². The zero-order chi connectivity index (χ0) is 18.1. The van der Waals surface area contributed by atoms with Gasteiger partial charge in [-0.25, -0.2) is 4.79 Å². The van der Waals surface area contributed by atoms with Crippen LogP contribution in [-0.2, 0) is 30.3 Å². The molecule has 24 heavy (non-hydrogen) atoms. The summed E-state index contributed by atoms with van der Waals surface area (Å²) >= 11 is 0. The number of carbonyl (C=O) groups is 3. The van der Waals surface area contributed by atoms with Crippen LogP contribution in [0.1, 0.15) is 28.7 Å². The number of nitrogens with one attached hydrogen (secondary N) is 1. The highest BCUT2D eigenvalue weighted by atomic mass is 16.5. The zero-order valence-electron chi connectivity index (χ0n) is 14.5. The second-order valence-corrected chi connectivity index (χ2v) is 5.09. The summed E-state index contributed by atoms with van der Waals surface area (Å²) in [6.45, 7) is 5.82. The number of amides is 1. The van der Waals surface area contributed by atoms with Crippen molar-refractivity contribution >= 4 is 17.8 Å². The predicted octanol–water partition coefficient (Wildman–Crippen LogP) is 0.587. The van der Waals surface area contributed by atoms with Crippen molar-refractivity contribution in [1.29, 1.82) is 0 Å². The molecule has 1 amide bonds. The normalized spacial score (nSPS) is 10.3. The number of methoxy groups -OCH3 is 1. The summed E-state index contributed by atoms with van der Waals surface area (Å²) in [5.74, 6) is -1.38. The van der Waals surface area contributed by atoms with Crippen LogP contribution in [0.25, 0.3) is 0 Å². The zero-order valence-corrected chi connectivity index (χ0v) is 14.5. The molecule has 0 atom stereocenters. The van der Waals surface area contributed by atoms with E-state index in [9.17, 15) is 14.4 Å². The van der Waals surface area contributed by atoms with E-state index in [0.29, 0.717) is 24.4 Å². The van der Waals surface area contributed by atoms with Crippen LogP contribution in [0.5, 0.6) is 0 Å². The summed E-state index contributed by atoms with van der Waals surface area (Å²) in [5.41, 5.74) is 1.77. The van der Waals surface area contributed by atoms with Crippen molar-refractivity contribution in [2.45, 2.75) is 27.3 Å². The third-order valence-corrected chi connectivity index (χ3v) is 3.35. The molecule has 8 nitrogen and oxygen atoms in total. The van der Waals surface area contributed by atoms with E-state index in [2.05, 4.69) is 5.32 Å². The molecule has 0 aliphatic heterocycles. The largest absolute Gasteiger partial charge is 0.462 e. The van der Waals surface area contributed by atoms with Crippen LogP contribution in [0.2, 0.25) is 0 Å². The fraction of sp³-hybridized carbons (Fsp3) is 0.562.